The van der Waals surface area contributed by atoms with Crippen LogP contribution >= 0.6 is 0 Å². The minimum Gasteiger partial charge on any atom is -0.373 e. The first-order valence-corrected chi connectivity index (χ1v) is 7.86. The normalized spacial score (nSPS) is 11.6. The van der Waals surface area contributed by atoms with Gasteiger partial charge in [0, 0.05) is 31.8 Å². The van der Waals surface area contributed by atoms with Gasteiger partial charge in [-0.15, -0.1) is 0 Å². The minimum atomic E-state index is -2.96. The van der Waals surface area contributed by atoms with Crippen LogP contribution in [0.3, 0.4) is 0 Å². The van der Waals surface area contributed by atoms with Crippen LogP contribution in [0.15, 0.2) is 6.07 Å². The molecular formula is C11H20N4O2S. The average molecular weight is 272 g/mol. The molecule has 0 atom stereocenters. The van der Waals surface area contributed by atoms with E-state index in [0.29, 0.717) is 12.4 Å². The molecule has 0 spiro atoms. The fourth-order valence-corrected chi connectivity index (χ4v) is 1.78. The Balaban J connectivity index is 2.78. The molecule has 0 unspecified atom stereocenters. The predicted octanol–water partition coefficient (Wildman–Crippen LogP) is 1.10. The highest BCUT2D eigenvalue weighted by atomic mass is 32.2. The van der Waals surface area contributed by atoms with E-state index in [2.05, 4.69) is 20.6 Å². The minimum absolute atomic E-state index is 0.0862. The van der Waals surface area contributed by atoms with Gasteiger partial charge in [-0.05, 0) is 0 Å². The van der Waals surface area contributed by atoms with Gasteiger partial charge in [-0.3, -0.25) is 0 Å². The number of nitrogens with one attached hydrogen (secondary N) is 2. The fraction of sp³-hybridized carbons (Fsp3) is 0.636. The molecule has 2 N–H and O–H groups in total. The molecule has 1 heterocycles. The van der Waals surface area contributed by atoms with E-state index in [4.69, 9.17) is 0 Å². The van der Waals surface area contributed by atoms with Gasteiger partial charge >= 0.3 is 0 Å². The molecule has 1 rings (SSSR count). The lowest BCUT2D eigenvalue weighted by molar-refractivity contribution is 0.602. The van der Waals surface area contributed by atoms with Crippen LogP contribution in [-0.2, 0) is 9.84 Å². The summed E-state index contributed by atoms with van der Waals surface area (Å²) in [6.07, 6.45) is 1.22. The first kappa shape index (κ1) is 14.7. The number of aromatic nitrogens is 2. The second-order valence-corrected chi connectivity index (χ2v) is 6.72. The van der Waals surface area contributed by atoms with Crippen molar-refractivity contribution in [1.82, 2.24) is 9.97 Å². The molecule has 6 nitrogen and oxygen atoms in total. The molecule has 0 aromatic carbocycles. The number of rotatable bonds is 6. The quantitative estimate of drug-likeness (QED) is 0.806. The summed E-state index contributed by atoms with van der Waals surface area (Å²) in [5.41, 5.74) is 0. The van der Waals surface area contributed by atoms with E-state index in [0.717, 1.165) is 11.6 Å². The van der Waals surface area contributed by atoms with Crippen LogP contribution in [0.5, 0.6) is 0 Å². The van der Waals surface area contributed by atoms with Gasteiger partial charge in [0.15, 0.2) is 0 Å². The highest BCUT2D eigenvalue weighted by Crippen LogP contribution is 2.16. The van der Waals surface area contributed by atoms with E-state index in [1.165, 1.54) is 6.26 Å². The third kappa shape index (κ3) is 4.87. The van der Waals surface area contributed by atoms with Gasteiger partial charge in [-0.2, -0.15) is 0 Å². The Morgan fingerprint density at radius 1 is 1.28 bits per heavy atom. The average Bonchev–Trinajstić information content (AvgIpc) is 2.26. The van der Waals surface area contributed by atoms with E-state index in [1.807, 2.05) is 13.8 Å². The monoisotopic (exact) mass is 272 g/mol. The molecule has 18 heavy (non-hydrogen) atoms. The third-order valence-corrected chi connectivity index (χ3v) is 3.24. The molecule has 0 radical (unpaired) electrons. The molecule has 1 aromatic heterocycles. The lowest BCUT2D eigenvalue weighted by Crippen LogP contribution is -2.15. The van der Waals surface area contributed by atoms with Crippen molar-refractivity contribution in [2.24, 2.45) is 0 Å². The molecular weight excluding hydrogens is 252 g/mol. The summed E-state index contributed by atoms with van der Waals surface area (Å²) in [5, 5.41) is 5.96. The Morgan fingerprint density at radius 2 is 1.89 bits per heavy atom. The first-order valence-electron chi connectivity index (χ1n) is 5.80. The van der Waals surface area contributed by atoms with E-state index in [1.54, 1.807) is 13.1 Å². The van der Waals surface area contributed by atoms with Gasteiger partial charge < -0.3 is 10.6 Å². The van der Waals surface area contributed by atoms with Gasteiger partial charge in [-0.1, -0.05) is 13.8 Å². The number of anilines is 2. The van der Waals surface area contributed by atoms with Crippen molar-refractivity contribution < 1.29 is 8.42 Å². The lowest BCUT2D eigenvalue weighted by Gasteiger charge is -2.11. The first-order chi connectivity index (χ1) is 8.31. The Kier molecular flexibility index (Phi) is 4.89. The van der Waals surface area contributed by atoms with Gasteiger partial charge in [-0.25, -0.2) is 18.4 Å². The summed E-state index contributed by atoms with van der Waals surface area (Å²) in [5.74, 6) is 2.39. The zero-order chi connectivity index (χ0) is 13.8. The molecule has 0 bridgehead atoms. The molecule has 0 aliphatic carbocycles. The smallest absolute Gasteiger partial charge is 0.149 e. The Labute approximate surface area is 108 Å². The van der Waals surface area contributed by atoms with Crippen molar-refractivity contribution in [3.8, 4) is 0 Å². The third-order valence-electron chi connectivity index (χ3n) is 2.29. The van der Waals surface area contributed by atoms with Crippen molar-refractivity contribution in [3.05, 3.63) is 11.9 Å². The number of nitrogens with zero attached hydrogens (tertiary/aromatic N) is 2. The summed E-state index contributed by atoms with van der Waals surface area (Å²) < 4.78 is 22.1. The molecule has 0 aliphatic rings. The van der Waals surface area contributed by atoms with Crippen LogP contribution in [0.1, 0.15) is 25.6 Å². The van der Waals surface area contributed by atoms with Crippen LogP contribution in [0.2, 0.25) is 0 Å². The number of hydrogen-bond donors (Lipinski definition) is 2. The summed E-state index contributed by atoms with van der Waals surface area (Å²) in [6.45, 7) is 4.36. The standard InChI is InChI=1S/C11H20N4O2S/c1-8(2)11-14-9(12-3)7-10(15-11)13-5-6-18(4,16)17/h7-8H,5-6H2,1-4H3,(H2,12,13,14,15). The van der Waals surface area contributed by atoms with Crippen LogP contribution in [-0.4, -0.2) is 44.0 Å². The molecule has 7 heteroatoms. The molecule has 102 valence electrons. The maximum Gasteiger partial charge on any atom is 0.149 e. The Bertz CT molecular complexity index is 500. The Morgan fingerprint density at radius 3 is 2.39 bits per heavy atom. The largest absolute Gasteiger partial charge is 0.373 e. The second kappa shape index (κ2) is 5.99. The highest BCUT2D eigenvalue weighted by Gasteiger charge is 2.08. The van der Waals surface area contributed by atoms with Crippen molar-refractivity contribution in [3.63, 3.8) is 0 Å². The zero-order valence-corrected chi connectivity index (χ0v) is 12.0. The topological polar surface area (TPSA) is 84.0 Å². The highest BCUT2D eigenvalue weighted by molar-refractivity contribution is 7.90. The summed E-state index contributed by atoms with van der Waals surface area (Å²) in [6, 6.07) is 1.76. The van der Waals surface area contributed by atoms with Crippen molar-refractivity contribution in [2.45, 2.75) is 19.8 Å². The van der Waals surface area contributed by atoms with Crippen LogP contribution in [0, 0.1) is 0 Å². The van der Waals surface area contributed by atoms with E-state index >= 15 is 0 Å². The molecule has 0 saturated carbocycles. The maximum atomic E-state index is 11.0. The number of sulfone groups is 1. The van der Waals surface area contributed by atoms with Crippen molar-refractivity contribution in [2.75, 3.05) is 36.2 Å². The fourth-order valence-electron chi connectivity index (χ4n) is 1.31. The molecule has 0 amide bonds. The van der Waals surface area contributed by atoms with Gasteiger partial charge in [0.2, 0.25) is 0 Å². The summed E-state index contributed by atoms with van der Waals surface area (Å²) in [4.78, 5) is 8.67. The van der Waals surface area contributed by atoms with Crippen LogP contribution < -0.4 is 10.6 Å². The molecule has 1 aromatic rings. The lowest BCUT2D eigenvalue weighted by atomic mass is 10.2. The molecule has 0 aliphatic heterocycles. The summed E-state index contributed by atoms with van der Waals surface area (Å²) >= 11 is 0. The van der Waals surface area contributed by atoms with Gasteiger partial charge in [0.1, 0.15) is 27.3 Å². The van der Waals surface area contributed by atoms with Gasteiger partial charge in [0.25, 0.3) is 0 Å². The van der Waals surface area contributed by atoms with E-state index < -0.39 is 9.84 Å². The van der Waals surface area contributed by atoms with Gasteiger partial charge in [0.05, 0.1) is 5.75 Å². The van der Waals surface area contributed by atoms with Crippen LogP contribution in [0.25, 0.3) is 0 Å². The van der Waals surface area contributed by atoms with Crippen LogP contribution in [0.4, 0.5) is 11.6 Å². The molecule has 0 fully saturated rings. The predicted molar refractivity (Wildman–Crippen MR) is 73.9 cm³/mol. The van der Waals surface area contributed by atoms with Crippen molar-refractivity contribution in [1.29, 1.82) is 0 Å². The summed E-state index contributed by atoms with van der Waals surface area (Å²) in [7, 11) is -1.17. The molecule has 0 saturated heterocycles. The SMILES string of the molecule is CNc1cc(NCCS(C)(=O)=O)nc(C(C)C)n1. The number of hydrogen-bond acceptors (Lipinski definition) is 6. The van der Waals surface area contributed by atoms with Crippen molar-refractivity contribution >= 4 is 21.5 Å². The Hall–Kier alpha value is -1.37. The second-order valence-electron chi connectivity index (χ2n) is 4.46. The van der Waals surface area contributed by atoms with E-state index in [9.17, 15) is 8.42 Å². The van der Waals surface area contributed by atoms with E-state index in [-0.39, 0.29) is 11.7 Å². The maximum absolute atomic E-state index is 11.0. The zero-order valence-electron chi connectivity index (χ0n) is 11.2.